The molecule has 2 aromatic heterocycles. The van der Waals surface area contributed by atoms with Crippen molar-refractivity contribution < 1.29 is 23.4 Å². The van der Waals surface area contributed by atoms with E-state index in [0.717, 1.165) is 17.9 Å². The van der Waals surface area contributed by atoms with Gasteiger partial charge in [-0.15, -0.1) is 0 Å². The highest BCUT2D eigenvalue weighted by Crippen LogP contribution is 2.31. The molecule has 1 amide bonds. The van der Waals surface area contributed by atoms with E-state index in [0.29, 0.717) is 40.1 Å². The Morgan fingerprint density at radius 1 is 1.15 bits per heavy atom. The van der Waals surface area contributed by atoms with Crippen molar-refractivity contribution in [1.29, 1.82) is 0 Å². The molecule has 1 atom stereocenters. The summed E-state index contributed by atoms with van der Waals surface area (Å²) in [6.45, 7) is 2.49. The third-order valence-corrected chi connectivity index (χ3v) is 5.37. The highest BCUT2D eigenvalue weighted by Gasteiger charge is 2.22. The molecule has 2 heterocycles. The Labute approximate surface area is 190 Å². The monoisotopic (exact) mass is 445 g/mol. The zero-order valence-corrected chi connectivity index (χ0v) is 18.1. The molecular weight excluding hydrogens is 422 g/mol. The minimum Gasteiger partial charge on any atom is -0.493 e. The topological polar surface area (TPSA) is 110 Å². The Hall–Kier alpha value is -4.07. The molecule has 2 N–H and O–H groups in total. The van der Waals surface area contributed by atoms with Crippen molar-refractivity contribution in [1.82, 2.24) is 9.97 Å². The summed E-state index contributed by atoms with van der Waals surface area (Å²) in [7, 11) is 0. The van der Waals surface area contributed by atoms with E-state index in [1.54, 1.807) is 25.3 Å². The molecule has 1 aliphatic rings. The van der Waals surface area contributed by atoms with E-state index in [-0.39, 0.29) is 0 Å². The molecular formula is C25H23N3O5. The number of benzene rings is 2. The van der Waals surface area contributed by atoms with Crippen molar-refractivity contribution in [2.75, 3.05) is 6.61 Å². The molecule has 8 nitrogen and oxygen atoms in total. The second-order valence-electron chi connectivity index (χ2n) is 8.04. The van der Waals surface area contributed by atoms with Crippen LogP contribution in [0.2, 0.25) is 0 Å². The van der Waals surface area contributed by atoms with E-state index in [2.05, 4.69) is 9.97 Å². The molecule has 1 saturated carbocycles. The van der Waals surface area contributed by atoms with E-state index in [9.17, 15) is 4.79 Å². The van der Waals surface area contributed by atoms with Gasteiger partial charge in [-0.05, 0) is 61.6 Å². The van der Waals surface area contributed by atoms with Gasteiger partial charge in [-0.1, -0.05) is 12.1 Å². The maximum Gasteiger partial charge on any atom is 0.405 e. The first-order valence-electron chi connectivity index (χ1n) is 10.8. The first-order chi connectivity index (χ1) is 16.0. The van der Waals surface area contributed by atoms with Gasteiger partial charge in [-0.2, -0.15) is 0 Å². The molecule has 1 fully saturated rings. The van der Waals surface area contributed by atoms with Crippen LogP contribution in [-0.2, 0) is 4.74 Å². The fourth-order valence-electron chi connectivity index (χ4n) is 3.37. The fourth-order valence-corrected chi connectivity index (χ4v) is 3.37. The third-order valence-electron chi connectivity index (χ3n) is 5.37. The number of pyridine rings is 1. The van der Waals surface area contributed by atoms with Crippen molar-refractivity contribution in [3.05, 3.63) is 66.4 Å². The number of amides is 1. The van der Waals surface area contributed by atoms with E-state index in [4.69, 9.17) is 24.4 Å². The molecule has 1 aliphatic carbocycles. The maximum absolute atomic E-state index is 11.0. The number of rotatable bonds is 8. The minimum atomic E-state index is -0.827. The predicted molar refractivity (Wildman–Crippen MR) is 121 cm³/mol. The average Bonchev–Trinajstić information content (AvgIpc) is 3.54. The summed E-state index contributed by atoms with van der Waals surface area (Å²) >= 11 is 0. The van der Waals surface area contributed by atoms with Gasteiger partial charge in [0, 0.05) is 18.3 Å². The Bertz CT molecular complexity index is 1280. The number of aromatic nitrogens is 2. The smallest absolute Gasteiger partial charge is 0.405 e. The van der Waals surface area contributed by atoms with Crippen molar-refractivity contribution in [3.63, 3.8) is 0 Å². The maximum atomic E-state index is 11.0. The quantitative estimate of drug-likeness (QED) is 0.374. The molecule has 0 bridgehead atoms. The Kier molecular flexibility index (Phi) is 5.56. The normalized spacial score (nSPS) is 14.1. The summed E-state index contributed by atoms with van der Waals surface area (Å²) in [5.74, 6) is 3.02. The first kappa shape index (κ1) is 20.8. The van der Waals surface area contributed by atoms with Crippen LogP contribution in [0, 0.1) is 5.92 Å². The third kappa shape index (κ3) is 5.06. The van der Waals surface area contributed by atoms with Crippen molar-refractivity contribution >= 4 is 17.2 Å². The lowest BCUT2D eigenvalue weighted by molar-refractivity contribution is 0.116. The first-order valence-corrected chi connectivity index (χ1v) is 10.8. The minimum absolute atomic E-state index is 0.431. The van der Waals surface area contributed by atoms with E-state index in [1.165, 1.54) is 12.8 Å². The van der Waals surface area contributed by atoms with Gasteiger partial charge in [0.1, 0.15) is 23.1 Å². The number of nitrogens with zero attached hydrogens (tertiary/aromatic N) is 2. The van der Waals surface area contributed by atoms with Gasteiger partial charge in [-0.25, -0.2) is 14.8 Å². The number of primary amides is 1. The van der Waals surface area contributed by atoms with Crippen LogP contribution >= 0.6 is 0 Å². The predicted octanol–water partition coefficient (Wildman–Crippen LogP) is 5.63. The van der Waals surface area contributed by atoms with Gasteiger partial charge < -0.3 is 24.4 Å². The van der Waals surface area contributed by atoms with Crippen LogP contribution in [0.25, 0.3) is 22.6 Å². The summed E-state index contributed by atoms with van der Waals surface area (Å²) in [4.78, 5) is 19.9. The summed E-state index contributed by atoms with van der Waals surface area (Å²) < 4.78 is 22.6. The van der Waals surface area contributed by atoms with E-state index < -0.39 is 12.2 Å². The van der Waals surface area contributed by atoms with Crippen LogP contribution in [-0.4, -0.2) is 22.7 Å². The van der Waals surface area contributed by atoms with Gasteiger partial charge in [0.2, 0.25) is 11.8 Å². The number of oxazole rings is 1. The van der Waals surface area contributed by atoms with Gasteiger partial charge >= 0.3 is 6.09 Å². The molecule has 0 spiro atoms. The number of ether oxygens (including phenoxy) is 3. The van der Waals surface area contributed by atoms with Crippen LogP contribution in [0.5, 0.6) is 17.4 Å². The Morgan fingerprint density at radius 2 is 2.00 bits per heavy atom. The zero-order chi connectivity index (χ0) is 22.8. The molecule has 168 valence electrons. The highest BCUT2D eigenvalue weighted by atomic mass is 16.6. The summed E-state index contributed by atoms with van der Waals surface area (Å²) in [6, 6.07) is 16.5. The van der Waals surface area contributed by atoms with Crippen LogP contribution in [0.1, 0.15) is 31.4 Å². The van der Waals surface area contributed by atoms with Crippen molar-refractivity contribution in [2.45, 2.75) is 25.9 Å². The summed E-state index contributed by atoms with van der Waals surface area (Å²) in [6.07, 6.45) is 2.82. The van der Waals surface area contributed by atoms with Gasteiger partial charge in [0.25, 0.3) is 0 Å². The molecule has 4 aromatic rings. The number of carbonyl (C=O) groups excluding carboxylic acids is 1. The SMILES string of the molecule is CC(OC(N)=O)c1ccc2nc(-c3ccc(Oc4cccc(OCC5CC5)c4)nc3)oc2c1. The second-order valence-corrected chi connectivity index (χ2v) is 8.04. The van der Waals surface area contributed by atoms with Crippen LogP contribution < -0.4 is 15.2 Å². The lowest BCUT2D eigenvalue weighted by Crippen LogP contribution is -2.15. The molecule has 0 radical (unpaired) electrons. The van der Waals surface area contributed by atoms with Gasteiger partial charge in [0.05, 0.1) is 12.2 Å². The lowest BCUT2D eigenvalue weighted by Gasteiger charge is -2.10. The summed E-state index contributed by atoms with van der Waals surface area (Å²) in [5.41, 5.74) is 7.83. The molecule has 2 aromatic carbocycles. The standard InChI is InChI=1S/C25H23N3O5/c1-15(31-25(26)29)17-7-9-21-22(11-17)33-24(28-21)18-8-10-23(27-13-18)32-20-4-2-3-19(12-20)30-14-16-5-6-16/h2-4,7-13,15-16H,5-6,14H2,1H3,(H2,26,29). The number of carbonyl (C=O) groups is 1. The number of nitrogens with two attached hydrogens (primary N) is 1. The fraction of sp³-hybridized carbons (Fsp3) is 0.240. The van der Waals surface area contributed by atoms with Gasteiger partial charge in [0.15, 0.2) is 5.58 Å². The van der Waals surface area contributed by atoms with Crippen LogP contribution in [0.3, 0.4) is 0 Å². The van der Waals surface area contributed by atoms with Crippen molar-refractivity contribution in [3.8, 4) is 28.8 Å². The largest absolute Gasteiger partial charge is 0.493 e. The van der Waals surface area contributed by atoms with Crippen molar-refractivity contribution in [2.24, 2.45) is 11.7 Å². The molecule has 33 heavy (non-hydrogen) atoms. The zero-order valence-electron chi connectivity index (χ0n) is 18.1. The Balaban J connectivity index is 1.29. The molecule has 1 unspecified atom stereocenters. The number of hydrogen-bond acceptors (Lipinski definition) is 7. The highest BCUT2D eigenvalue weighted by molar-refractivity contribution is 5.77. The average molecular weight is 445 g/mol. The number of fused-ring (bicyclic) bond motifs is 1. The Morgan fingerprint density at radius 3 is 2.76 bits per heavy atom. The second kappa shape index (κ2) is 8.82. The molecule has 0 aliphatic heterocycles. The number of hydrogen-bond donors (Lipinski definition) is 1. The molecule has 8 heteroatoms. The molecule has 0 saturated heterocycles. The molecule has 5 rings (SSSR count). The van der Waals surface area contributed by atoms with E-state index in [1.807, 2.05) is 42.5 Å². The van der Waals surface area contributed by atoms with Crippen LogP contribution in [0.15, 0.2) is 65.2 Å². The van der Waals surface area contributed by atoms with Gasteiger partial charge in [-0.3, -0.25) is 0 Å². The van der Waals surface area contributed by atoms with E-state index >= 15 is 0 Å². The van der Waals surface area contributed by atoms with Crippen LogP contribution in [0.4, 0.5) is 4.79 Å². The summed E-state index contributed by atoms with van der Waals surface area (Å²) in [5, 5.41) is 0. The lowest BCUT2D eigenvalue weighted by atomic mass is 10.1.